The quantitative estimate of drug-likeness (QED) is 0.395. The number of nitrogens with one attached hydrogen (secondary N) is 2. The van der Waals surface area contributed by atoms with E-state index in [1.54, 1.807) is 12.1 Å². The van der Waals surface area contributed by atoms with Crippen LogP contribution in [-0.4, -0.2) is 39.5 Å². The van der Waals surface area contributed by atoms with E-state index in [4.69, 9.17) is 12.6 Å². The van der Waals surface area contributed by atoms with Gasteiger partial charge in [-0.1, -0.05) is 19.1 Å². The standard InChI is InChI=1S/C17H20BrN3O3.O3S/c1-2-20-6-15-16(17(18)14(5-19)21-15)11-4-3-10(7-22)12(8-23)13(11)9-24;1-4(2)3/h3-4,20-24H,2,6-9H2,1H3;. The van der Waals surface area contributed by atoms with Crippen molar-refractivity contribution in [2.45, 2.75) is 33.3 Å². The smallest absolute Gasteiger partial charge is 0.392 e. The lowest BCUT2D eigenvalue weighted by Gasteiger charge is -2.16. The molecule has 0 unspecified atom stereocenters. The molecule has 28 heavy (non-hydrogen) atoms. The predicted molar refractivity (Wildman–Crippen MR) is 103 cm³/mol. The second-order valence-corrected chi connectivity index (χ2v) is 6.67. The minimum Gasteiger partial charge on any atom is -0.392 e. The summed E-state index contributed by atoms with van der Waals surface area (Å²) in [5, 5.41) is 41.4. The molecule has 1 aromatic carbocycles. The third-order valence-electron chi connectivity index (χ3n) is 3.96. The summed E-state index contributed by atoms with van der Waals surface area (Å²) in [6.45, 7) is 2.52. The summed E-state index contributed by atoms with van der Waals surface area (Å²) in [5.74, 6) is 0. The second kappa shape index (κ2) is 11.7. The van der Waals surface area contributed by atoms with E-state index in [0.29, 0.717) is 33.4 Å². The summed E-state index contributed by atoms with van der Waals surface area (Å²) in [5.41, 5.74) is 4.34. The van der Waals surface area contributed by atoms with E-state index in [1.807, 2.05) is 6.92 Å². The van der Waals surface area contributed by atoms with Gasteiger partial charge >= 0.3 is 10.6 Å². The molecule has 0 saturated carbocycles. The van der Waals surface area contributed by atoms with Crippen LogP contribution in [0.25, 0.3) is 11.1 Å². The van der Waals surface area contributed by atoms with E-state index in [-0.39, 0.29) is 19.8 Å². The van der Waals surface area contributed by atoms with Crippen LogP contribution in [0.5, 0.6) is 0 Å². The molecule has 2 aromatic rings. The summed E-state index contributed by atoms with van der Waals surface area (Å²) in [6, 6.07) is 5.63. The molecule has 1 aromatic heterocycles. The lowest BCUT2D eigenvalue weighted by molar-refractivity contribution is 0.248. The lowest BCUT2D eigenvalue weighted by Crippen LogP contribution is -2.13. The van der Waals surface area contributed by atoms with E-state index in [0.717, 1.165) is 23.4 Å². The van der Waals surface area contributed by atoms with E-state index in [9.17, 15) is 20.6 Å². The number of rotatable bonds is 7. The van der Waals surface area contributed by atoms with Gasteiger partial charge in [0.1, 0.15) is 11.8 Å². The lowest BCUT2D eigenvalue weighted by atomic mass is 9.92. The zero-order chi connectivity index (χ0) is 21.3. The fourth-order valence-corrected chi connectivity index (χ4v) is 3.41. The summed E-state index contributed by atoms with van der Waals surface area (Å²) < 4.78 is 26.0. The molecule has 9 nitrogen and oxygen atoms in total. The summed E-state index contributed by atoms with van der Waals surface area (Å²) in [4.78, 5) is 3.09. The first-order chi connectivity index (χ1) is 13.4. The van der Waals surface area contributed by atoms with Crippen molar-refractivity contribution in [3.05, 3.63) is 44.7 Å². The van der Waals surface area contributed by atoms with Crippen molar-refractivity contribution in [2.75, 3.05) is 6.54 Å². The highest BCUT2D eigenvalue weighted by Crippen LogP contribution is 2.38. The van der Waals surface area contributed by atoms with Crippen molar-refractivity contribution in [2.24, 2.45) is 0 Å². The highest BCUT2D eigenvalue weighted by atomic mass is 79.9. The van der Waals surface area contributed by atoms with Gasteiger partial charge in [0.05, 0.1) is 24.3 Å². The van der Waals surface area contributed by atoms with Crippen molar-refractivity contribution in [1.29, 1.82) is 5.26 Å². The van der Waals surface area contributed by atoms with Crippen LogP contribution < -0.4 is 5.32 Å². The molecule has 0 aliphatic rings. The molecule has 0 radical (unpaired) electrons. The Hall–Kier alpha value is -2.07. The molecule has 152 valence electrons. The number of nitrogens with zero attached hydrogens (tertiary/aromatic N) is 1. The maximum absolute atomic E-state index is 9.83. The molecule has 2 rings (SSSR count). The Labute approximate surface area is 171 Å². The zero-order valence-corrected chi connectivity index (χ0v) is 17.4. The van der Waals surface area contributed by atoms with Crippen LogP contribution in [0.15, 0.2) is 16.6 Å². The summed E-state index contributed by atoms with van der Waals surface area (Å²) >= 11 is 3.46. The molecular formula is C17H20BrN3O6S. The van der Waals surface area contributed by atoms with Crippen molar-refractivity contribution in [1.82, 2.24) is 10.3 Å². The molecular weight excluding hydrogens is 454 g/mol. The van der Waals surface area contributed by atoms with Gasteiger partial charge in [-0.2, -0.15) is 5.26 Å². The number of aliphatic hydroxyl groups is 3. The average molecular weight is 474 g/mol. The average Bonchev–Trinajstić information content (AvgIpc) is 2.99. The largest absolute Gasteiger partial charge is 0.425 e. The van der Waals surface area contributed by atoms with Crippen LogP contribution in [0, 0.1) is 11.3 Å². The van der Waals surface area contributed by atoms with Crippen LogP contribution in [0.3, 0.4) is 0 Å². The van der Waals surface area contributed by atoms with Crippen molar-refractivity contribution < 1.29 is 27.9 Å². The van der Waals surface area contributed by atoms with E-state index in [2.05, 4.69) is 32.3 Å². The molecule has 0 amide bonds. The minimum atomic E-state index is -3.11. The molecule has 0 fully saturated rings. The number of aliphatic hydroxyl groups excluding tert-OH is 3. The highest BCUT2D eigenvalue weighted by Gasteiger charge is 2.21. The first-order valence-electron chi connectivity index (χ1n) is 8.10. The molecule has 0 aliphatic carbocycles. The molecule has 0 atom stereocenters. The van der Waals surface area contributed by atoms with Gasteiger partial charge in [0.15, 0.2) is 0 Å². The first-order valence-corrected chi connectivity index (χ1v) is 9.89. The molecule has 5 N–H and O–H groups in total. The van der Waals surface area contributed by atoms with Gasteiger partial charge in [-0.05, 0) is 44.7 Å². The highest BCUT2D eigenvalue weighted by molar-refractivity contribution is 9.10. The molecule has 0 aliphatic heterocycles. The van der Waals surface area contributed by atoms with E-state index in [1.165, 1.54) is 0 Å². The fourth-order valence-electron chi connectivity index (χ4n) is 2.77. The third kappa shape index (κ3) is 5.71. The maximum Gasteiger partial charge on any atom is 0.425 e. The van der Waals surface area contributed by atoms with Crippen molar-refractivity contribution in [3.8, 4) is 17.2 Å². The second-order valence-electron chi connectivity index (χ2n) is 5.47. The van der Waals surface area contributed by atoms with Crippen LogP contribution >= 0.6 is 15.9 Å². The van der Waals surface area contributed by atoms with Gasteiger partial charge < -0.3 is 25.6 Å². The SMILES string of the molecule is CCNCc1[nH]c(C#N)c(Br)c1-c1ccc(CO)c(CO)c1CO.O=S(=O)=O. The first kappa shape index (κ1) is 24.0. The third-order valence-corrected chi connectivity index (χ3v) is 4.76. The summed E-state index contributed by atoms with van der Waals surface area (Å²) in [6.07, 6.45) is 0. The van der Waals surface area contributed by atoms with Crippen LogP contribution in [0.1, 0.15) is 35.0 Å². The zero-order valence-electron chi connectivity index (χ0n) is 15.0. The summed E-state index contributed by atoms with van der Waals surface area (Å²) in [7, 11) is -3.11. The number of hydrogen-bond donors (Lipinski definition) is 5. The number of aromatic nitrogens is 1. The van der Waals surface area contributed by atoms with E-state index >= 15 is 0 Å². The Morgan fingerprint density at radius 2 is 1.75 bits per heavy atom. The number of benzene rings is 1. The molecule has 11 heteroatoms. The Kier molecular flexibility index (Phi) is 10.0. The molecule has 0 spiro atoms. The van der Waals surface area contributed by atoms with Crippen molar-refractivity contribution in [3.63, 3.8) is 0 Å². The number of hydrogen-bond acceptors (Lipinski definition) is 8. The van der Waals surface area contributed by atoms with Gasteiger partial charge in [-0.15, -0.1) is 12.6 Å². The van der Waals surface area contributed by atoms with Gasteiger partial charge in [-0.25, -0.2) is 0 Å². The number of aromatic amines is 1. The molecule has 0 bridgehead atoms. The number of nitriles is 1. The van der Waals surface area contributed by atoms with E-state index < -0.39 is 10.6 Å². The molecule has 0 saturated heterocycles. The number of halogens is 1. The monoisotopic (exact) mass is 473 g/mol. The van der Waals surface area contributed by atoms with Gasteiger partial charge in [0.2, 0.25) is 0 Å². The number of H-pyrrole nitrogens is 1. The Morgan fingerprint density at radius 1 is 1.14 bits per heavy atom. The fraction of sp³-hybridized carbons (Fsp3) is 0.353. The minimum absolute atomic E-state index is 0.217. The Balaban J connectivity index is 0.000000892. The normalized spacial score (nSPS) is 10.1. The van der Waals surface area contributed by atoms with Crippen LogP contribution in [0.2, 0.25) is 0 Å². The van der Waals surface area contributed by atoms with Gasteiger partial charge in [-0.3, -0.25) is 0 Å². The van der Waals surface area contributed by atoms with Gasteiger partial charge in [0, 0.05) is 17.8 Å². The maximum atomic E-state index is 9.83. The Bertz CT molecular complexity index is 960. The Morgan fingerprint density at radius 3 is 2.21 bits per heavy atom. The van der Waals surface area contributed by atoms with Crippen LogP contribution in [-0.2, 0) is 37.0 Å². The molecule has 1 heterocycles. The van der Waals surface area contributed by atoms with Crippen LogP contribution in [0.4, 0.5) is 0 Å². The van der Waals surface area contributed by atoms with Crippen molar-refractivity contribution >= 4 is 26.5 Å². The topological polar surface area (TPSA) is 164 Å². The predicted octanol–water partition coefficient (Wildman–Crippen LogP) is 0.898. The van der Waals surface area contributed by atoms with Gasteiger partial charge in [0.25, 0.3) is 0 Å².